The molecule has 0 bridgehead atoms. The molecule has 0 saturated heterocycles. The molecule has 0 unspecified atom stereocenters. The third kappa shape index (κ3) is 3.39. The molecule has 1 aliphatic rings. The van der Waals surface area contributed by atoms with E-state index in [0.717, 1.165) is 14.0 Å². The van der Waals surface area contributed by atoms with E-state index >= 15 is 0 Å². The van der Waals surface area contributed by atoms with Crippen molar-refractivity contribution >= 4 is 14.9 Å². The molecule has 2 heterocycles. The number of halogens is 5. The van der Waals surface area contributed by atoms with E-state index in [4.69, 9.17) is 4.84 Å². The van der Waals surface area contributed by atoms with Gasteiger partial charge in [0.25, 0.3) is 9.84 Å². The van der Waals surface area contributed by atoms with Crippen molar-refractivity contribution in [1.82, 2.24) is 9.90 Å². The summed E-state index contributed by atoms with van der Waals surface area (Å²) in [7, 11) is -4.60. The topological polar surface area (TPSA) is 86.7 Å². The van der Waals surface area contributed by atoms with Crippen LogP contribution in [0.1, 0.15) is 31.7 Å². The molecule has 0 saturated carbocycles. The maximum Gasteiger partial charge on any atom is 0.610 e. The Morgan fingerprint density at radius 3 is 2.28 bits per heavy atom. The lowest BCUT2D eigenvalue weighted by molar-refractivity contribution is -0.989. The number of aromatic nitrogens is 3. The molecule has 1 aromatic heterocycles. The standard InChI is InChI=1S/C11H14F5N4O4S/c1-6-8(20(19(4)17-6)24-11(14,15)16)10(12,13)25(21,22)7-5-9(2,3)23-18-7/h5H2,1-4H3/q+1. The van der Waals surface area contributed by atoms with Gasteiger partial charge in [-0.25, -0.2) is 13.3 Å². The first-order valence-electron chi connectivity index (χ1n) is 6.69. The predicted octanol–water partition coefficient (Wildman–Crippen LogP) is 0.941. The Kier molecular flexibility index (Phi) is 4.26. The maximum atomic E-state index is 14.7. The predicted molar refractivity (Wildman–Crippen MR) is 70.8 cm³/mol. The minimum atomic E-state index is -5.48. The molecule has 25 heavy (non-hydrogen) atoms. The zero-order chi connectivity index (χ0) is 19.4. The molecular formula is C11H14F5N4O4S+. The molecule has 0 amide bonds. The molecule has 142 valence electrons. The molecule has 0 spiro atoms. The summed E-state index contributed by atoms with van der Waals surface area (Å²) in [5.74, 6) is 0. The van der Waals surface area contributed by atoms with E-state index in [1.54, 1.807) is 0 Å². The highest BCUT2D eigenvalue weighted by atomic mass is 32.2. The molecule has 1 aliphatic heterocycles. The van der Waals surface area contributed by atoms with Gasteiger partial charge in [0, 0.05) is 23.3 Å². The van der Waals surface area contributed by atoms with Crippen LogP contribution >= 0.6 is 0 Å². The van der Waals surface area contributed by atoms with Gasteiger partial charge in [0.15, 0.2) is 5.04 Å². The third-order valence-corrected chi connectivity index (χ3v) is 4.88. The zero-order valence-electron chi connectivity index (χ0n) is 13.4. The lowest BCUT2D eigenvalue weighted by Gasteiger charge is -2.16. The molecule has 0 aromatic carbocycles. The van der Waals surface area contributed by atoms with Crippen molar-refractivity contribution in [3.8, 4) is 0 Å². The SMILES string of the molecule is Cc1nn(C)[n+](OC(F)(F)F)c1C(F)(F)S(=O)(=O)C1=NOC(C)(C)C1. The highest BCUT2D eigenvalue weighted by Crippen LogP contribution is 2.38. The summed E-state index contributed by atoms with van der Waals surface area (Å²) in [6, 6.07) is 0. The summed E-state index contributed by atoms with van der Waals surface area (Å²) in [6.07, 6.45) is -5.82. The highest BCUT2D eigenvalue weighted by Gasteiger charge is 2.61. The molecule has 0 fully saturated rings. The molecular weight excluding hydrogens is 379 g/mol. The summed E-state index contributed by atoms with van der Waals surface area (Å²) in [5.41, 5.74) is -3.39. The number of hydrogen-bond acceptors (Lipinski definition) is 6. The van der Waals surface area contributed by atoms with Crippen LogP contribution in [0.15, 0.2) is 5.16 Å². The van der Waals surface area contributed by atoms with E-state index in [1.165, 1.54) is 13.8 Å². The number of oxime groups is 1. The van der Waals surface area contributed by atoms with Crippen molar-refractivity contribution in [2.24, 2.45) is 12.2 Å². The van der Waals surface area contributed by atoms with E-state index < -0.39 is 54.8 Å². The van der Waals surface area contributed by atoms with Crippen molar-refractivity contribution in [3.05, 3.63) is 11.4 Å². The number of rotatable bonds is 3. The minimum absolute atomic E-state index is 0.304. The summed E-state index contributed by atoms with van der Waals surface area (Å²) < 4.78 is 91.4. The molecule has 1 aromatic rings. The first-order valence-corrected chi connectivity index (χ1v) is 8.17. The Morgan fingerprint density at radius 1 is 1.28 bits per heavy atom. The van der Waals surface area contributed by atoms with Crippen molar-refractivity contribution in [3.63, 3.8) is 0 Å². The molecule has 0 N–H and O–H groups in total. The molecule has 14 heteroatoms. The second-order valence-corrected chi connectivity index (χ2v) is 7.86. The van der Waals surface area contributed by atoms with Gasteiger partial charge in [-0.2, -0.15) is 8.78 Å². The quantitative estimate of drug-likeness (QED) is 0.564. The molecule has 0 radical (unpaired) electrons. The van der Waals surface area contributed by atoms with Gasteiger partial charge < -0.3 is 4.84 Å². The largest absolute Gasteiger partial charge is 0.610 e. The van der Waals surface area contributed by atoms with Gasteiger partial charge in [0.2, 0.25) is 5.69 Å². The fourth-order valence-corrected chi connectivity index (χ4v) is 3.58. The zero-order valence-corrected chi connectivity index (χ0v) is 14.2. The van der Waals surface area contributed by atoms with Gasteiger partial charge in [-0.15, -0.1) is 13.2 Å². The van der Waals surface area contributed by atoms with Crippen LogP contribution in [0.4, 0.5) is 22.0 Å². The van der Waals surface area contributed by atoms with Crippen LogP contribution in [0.3, 0.4) is 0 Å². The van der Waals surface area contributed by atoms with Gasteiger partial charge in [-0.3, -0.25) is 0 Å². The molecule has 2 rings (SSSR count). The van der Waals surface area contributed by atoms with Gasteiger partial charge >= 0.3 is 17.3 Å². The monoisotopic (exact) mass is 393 g/mol. The summed E-state index contributed by atoms with van der Waals surface area (Å²) in [5, 5.41) is 0.737. The Bertz CT molecular complexity index is 828. The van der Waals surface area contributed by atoms with Crippen molar-refractivity contribution in [2.45, 2.75) is 44.4 Å². The van der Waals surface area contributed by atoms with E-state index in [9.17, 15) is 30.4 Å². The van der Waals surface area contributed by atoms with Crippen LogP contribution < -0.4 is 9.68 Å². The summed E-state index contributed by atoms with van der Waals surface area (Å²) >= 11 is 0. The second-order valence-electron chi connectivity index (χ2n) is 5.87. The molecule has 0 aliphatic carbocycles. The Hall–Kier alpha value is -1.99. The Morgan fingerprint density at radius 2 is 1.84 bits per heavy atom. The number of nitrogens with zero attached hydrogens (tertiary/aromatic N) is 4. The van der Waals surface area contributed by atoms with Gasteiger partial charge in [0.05, 0.1) is 7.05 Å². The van der Waals surface area contributed by atoms with E-state index in [0.29, 0.717) is 4.80 Å². The average molecular weight is 393 g/mol. The number of aryl methyl sites for hydroxylation is 2. The second kappa shape index (κ2) is 5.51. The van der Waals surface area contributed by atoms with Crippen molar-refractivity contribution in [2.75, 3.05) is 0 Å². The van der Waals surface area contributed by atoms with Gasteiger partial charge in [-0.1, -0.05) is 5.16 Å². The normalized spacial score (nSPS) is 18.0. The first kappa shape index (κ1) is 19.3. The highest BCUT2D eigenvalue weighted by molar-refractivity contribution is 8.06. The van der Waals surface area contributed by atoms with Crippen molar-refractivity contribution in [1.29, 1.82) is 0 Å². The maximum absolute atomic E-state index is 14.7. The fourth-order valence-electron chi connectivity index (χ4n) is 2.14. The number of alkyl halides is 5. The first-order chi connectivity index (χ1) is 11.1. The number of hydrogen-bond donors (Lipinski definition) is 0. The van der Waals surface area contributed by atoms with Crippen LogP contribution in [0.5, 0.6) is 0 Å². The Labute approximate surface area is 138 Å². The van der Waals surface area contributed by atoms with Gasteiger partial charge in [-0.05, 0) is 18.6 Å². The lowest BCUT2D eigenvalue weighted by Crippen LogP contribution is -2.60. The van der Waals surface area contributed by atoms with Crippen LogP contribution in [-0.2, 0) is 27.0 Å². The van der Waals surface area contributed by atoms with Gasteiger partial charge in [0.1, 0.15) is 5.60 Å². The minimum Gasteiger partial charge on any atom is -0.389 e. The van der Waals surface area contributed by atoms with E-state index in [2.05, 4.69) is 15.1 Å². The average Bonchev–Trinajstić information content (AvgIpc) is 2.88. The van der Waals surface area contributed by atoms with E-state index in [-0.39, 0.29) is 0 Å². The smallest absolute Gasteiger partial charge is 0.389 e. The summed E-state index contributed by atoms with van der Waals surface area (Å²) in [4.78, 5) is 8.11. The van der Waals surface area contributed by atoms with Crippen molar-refractivity contribution < 1.29 is 44.9 Å². The van der Waals surface area contributed by atoms with Crippen LogP contribution in [0, 0.1) is 6.92 Å². The lowest BCUT2D eigenvalue weighted by atomic mass is 10.1. The van der Waals surface area contributed by atoms with Crippen LogP contribution in [0.25, 0.3) is 0 Å². The molecule has 8 nitrogen and oxygen atoms in total. The van der Waals surface area contributed by atoms with E-state index in [1.807, 2.05) is 0 Å². The number of sulfone groups is 1. The third-order valence-electron chi connectivity index (χ3n) is 3.18. The summed E-state index contributed by atoms with van der Waals surface area (Å²) in [6.45, 7) is 3.75. The van der Waals surface area contributed by atoms with Crippen LogP contribution in [-0.4, -0.2) is 35.3 Å². The van der Waals surface area contributed by atoms with Crippen LogP contribution in [0.2, 0.25) is 0 Å². The Balaban J connectivity index is 2.57. The molecule has 0 atom stereocenters. The fraction of sp³-hybridized carbons (Fsp3) is 0.727.